The predicted octanol–water partition coefficient (Wildman–Crippen LogP) is 1.89. The van der Waals surface area contributed by atoms with Crippen molar-refractivity contribution in [2.45, 2.75) is 6.92 Å². The second-order valence-electron chi connectivity index (χ2n) is 2.92. The molecule has 66 valence electrons. The van der Waals surface area contributed by atoms with Gasteiger partial charge in [0.05, 0.1) is 6.33 Å². The molecule has 3 heteroatoms. The lowest BCUT2D eigenvalue weighted by molar-refractivity contribution is 0.475. The average molecular weight is 174 g/mol. The van der Waals surface area contributed by atoms with E-state index in [1.165, 1.54) is 0 Å². The van der Waals surface area contributed by atoms with Gasteiger partial charge in [-0.3, -0.25) is 0 Å². The van der Waals surface area contributed by atoms with E-state index in [1.807, 2.05) is 23.6 Å². The van der Waals surface area contributed by atoms with E-state index < -0.39 is 0 Å². The van der Waals surface area contributed by atoms with Crippen LogP contribution in [0.4, 0.5) is 0 Å². The molecule has 0 amide bonds. The topological polar surface area (TPSA) is 38.0 Å². The van der Waals surface area contributed by atoms with Crippen molar-refractivity contribution in [3.8, 4) is 11.4 Å². The lowest BCUT2D eigenvalue weighted by atomic mass is 10.3. The van der Waals surface area contributed by atoms with Crippen molar-refractivity contribution in [3.63, 3.8) is 0 Å². The lowest BCUT2D eigenvalue weighted by Gasteiger charge is -2.03. The number of rotatable bonds is 1. The number of imidazole rings is 1. The van der Waals surface area contributed by atoms with Gasteiger partial charge in [-0.1, -0.05) is 0 Å². The first kappa shape index (κ1) is 7.86. The molecule has 0 bridgehead atoms. The van der Waals surface area contributed by atoms with Gasteiger partial charge in [0.25, 0.3) is 0 Å². The standard InChI is InChI=1S/C10H10N2O/c1-8-6-11-7-12(8)9-2-4-10(13)5-3-9/h2-7,13H,1H3. The fourth-order valence-electron chi connectivity index (χ4n) is 1.24. The maximum absolute atomic E-state index is 9.10. The summed E-state index contributed by atoms with van der Waals surface area (Å²) in [5.74, 6) is 0.279. The number of hydrogen-bond donors (Lipinski definition) is 1. The Morgan fingerprint density at radius 2 is 1.92 bits per heavy atom. The first-order valence-electron chi connectivity index (χ1n) is 4.06. The zero-order valence-corrected chi connectivity index (χ0v) is 7.31. The maximum atomic E-state index is 9.10. The fourth-order valence-corrected chi connectivity index (χ4v) is 1.24. The highest BCUT2D eigenvalue weighted by Gasteiger charge is 1.98. The molecule has 0 saturated heterocycles. The Bertz CT molecular complexity index is 403. The Morgan fingerprint density at radius 3 is 2.46 bits per heavy atom. The Labute approximate surface area is 76.3 Å². The predicted molar refractivity (Wildman–Crippen MR) is 50.0 cm³/mol. The van der Waals surface area contributed by atoms with Crippen molar-refractivity contribution < 1.29 is 5.11 Å². The van der Waals surface area contributed by atoms with Gasteiger partial charge in [0.2, 0.25) is 0 Å². The Hall–Kier alpha value is -1.77. The molecule has 0 spiro atoms. The Kier molecular flexibility index (Phi) is 1.77. The third-order valence-electron chi connectivity index (χ3n) is 1.95. The van der Waals surface area contributed by atoms with E-state index in [4.69, 9.17) is 5.11 Å². The van der Waals surface area contributed by atoms with Crippen molar-refractivity contribution in [2.75, 3.05) is 0 Å². The average Bonchev–Trinajstić information content (AvgIpc) is 2.53. The molecule has 2 rings (SSSR count). The van der Waals surface area contributed by atoms with Crippen LogP contribution < -0.4 is 0 Å². The molecule has 3 nitrogen and oxygen atoms in total. The van der Waals surface area contributed by atoms with Gasteiger partial charge in [-0.2, -0.15) is 0 Å². The molecule has 1 aromatic heterocycles. The normalized spacial score (nSPS) is 10.2. The molecular formula is C10H10N2O. The van der Waals surface area contributed by atoms with E-state index in [2.05, 4.69) is 4.98 Å². The van der Waals surface area contributed by atoms with Crippen molar-refractivity contribution in [3.05, 3.63) is 42.5 Å². The van der Waals surface area contributed by atoms with Crippen LogP contribution >= 0.6 is 0 Å². The third kappa shape index (κ3) is 1.40. The molecule has 1 N–H and O–H groups in total. The van der Waals surface area contributed by atoms with E-state index in [0.717, 1.165) is 11.4 Å². The lowest BCUT2D eigenvalue weighted by Crippen LogP contribution is -1.93. The molecule has 0 aliphatic carbocycles. The molecule has 0 unspecified atom stereocenters. The summed E-state index contributed by atoms with van der Waals surface area (Å²) in [5, 5.41) is 9.10. The van der Waals surface area contributed by atoms with Crippen LogP contribution in [0.1, 0.15) is 5.69 Å². The molecule has 1 aromatic carbocycles. The minimum atomic E-state index is 0.279. The summed E-state index contributed by atoms with van der Waals surface area (Å²) in [6.07, 6.45) is 3.55. The van der Waals surface area contributed by atoms with E-state index in [-0.39, 0.29) is 5.75 Å². The summed E-state index contributed by atoms with van der Waals surface area (Å²) in [5.41, 5.74) is 2.08. The fraction of sp³-hybridized carbons (Fsp3) is 0.100. The highest BCUT2D eigenvalue weighted by Crippen LogP contribution is 2.14. The first-order chi connectivity index (χ1) is 6.27. The van der Waals surface area contributed by atoms with Crippen LogP contribution in [0.3, 0.4) is 0 Å². The molecule has 0 aliphatic rings. The van der Waals surface area contributed by atoms with E-state index in [1.54, 1.807) is 24.7 Å². The summed E-state index contributed by atoms with van der Waals surface area (Å²) >= 11 is 0. The summed E-state index contributed by atoms with van der Waals surface area (Å²) in [6, 6.07) is 7.03. The van der Waals surface area contributed by atoms with E-state index >= 15 is 0 Å². The zero-order chi connectivity index (χ0) is 9.26. The van der Waals surface area contributed by atoms with Gasteiger partial charge in [-0.15, -0.1) is 0 Å². The van der Waals surface area contributed by atoms with Gasteiger partial charge in [-0.05, 0) is 31.2 Å². The summed E-state index contributed by atoms with van der Waals surface area (Å²) in [6.45, 7) is 1.99. The second-order valence-corrected chi connectivity index (χ2v) is 2.92. The summed E-state index contributed by atoms with van der Waals surface area (Å²) < 4.78 is 1.96. The molecule has 2 aromatic rings. The first-order valence-corrected chi connectivity index (χ1v) is 4.06. The monoisotopic (exact) mass is 174 g/mol. The van der Waals surface area contributed by atoms with Gasteiger partial charge in [0, 0.05) is 17.6 Å². The van der Waals surface area contributed by atoms with Crippen LogP contribution in [0.5, 0.6) is 5.75 Å². The van der Waals surface area contributed by atoms with Crippen LogP contribution in [-0.4, -0.2) is 14.7 Å². The maximum Gasteiger partial charge on any atom is 0.115 e. The molecule has 0 saturated carbocycles. The third-order valence-corrected chi connectivity index (χ3v) is 1.95. The Balaban J connectivity index is 2.47. The molecule has 0 radical (unpaired) electrons. The van der Waals surface area contributed by atoms with Gasteiger partial charge in [0.15, 0.2) is 0 Å². The van der Waals surface area contributed by atoms with Crippen LogP contribution in [0.25, 0.3) is 5.69 Å². The number of phenolic OH excluding ortho intramolecular Hbond substituents is 1. The van der Waals surface area contributed by atoms with Crippen LogP contribution in [0, 0.1) is 6.92 Å². The van der Waals surface area contributed by atoms with E-state index in [9.17, 15) is 0 Å². The molecular weight excluding hydrogens is 164 g/mol. The zero-order valence-electron chi connectivity index (χ0n) is 7.31. The highest BCUT2D eigenvalue weighted by atomic mass is 16.3. The van der Waals surface area contributed by atoms with Gasteiger partial charge in [-0.25, -0.2) is 4.98 Å². The highest BCUT2D eigenvalue weighted by molar-refractivity contribution is 5.37. The molecule has 0 fully saturated rings. The Morgan fingerprint density at radius 1 is 1.23 bits per heavy atom. The van der Waals surface area contributed by atoms with Crippen molar-refractivity contribution in [1.29, 1.82) is 0 Å². The minimum absolute atomic E-state index is 0.279. The molecule has 0 aliphatic heterocycles. The smallest absolute Gasteiger partial charge is 0.115 e. The van der Waals surface area contributed by atoms with Crippen molar-refractivity contribution >= 4 is 0 Å². The summed E-state index contributed by atoms with van der Waals surface area (Å²) in [7, 11) is 0. The molecule has 13 heavy (non-hydrogen) atoms. The van der Waals surface area contributed by atoms with Gasteiger partial charge in [0.1, 0.15) is 5.75 Å². The number of benzene rings is 1. The minimum Gasteiger partial charge on any atom is -0.508 e. The van der Waals surface area contributed by atoms with Gasteiger partial charge < -0.3 is 9.67 Å². The number of aromatic hydroxyl groups is 1. The van der Waals surface area contributed by atoms with Gasteiger partial charge >= 0.3 is 0 Å². The molecule has 1 heterocycles. The summed E-state index contributed by atoms with van der Waals surface area (Å²) in [4.78, 5) is 4.02. The number of phenols is 1. The van der Waals surface area contributed by atoms with Crippen LogP contribution in [-0.2, 0) is 0 Å². The number of nitrogens with zero attached hydrogens (tertiary/aromatic N) is 2. The quantitative estimate of drug-likeness (QED) is 0.716. The van der Waals surface area contributed by atoms with Crippen molar-refractivity contribution in [2.24, 2.45) is 0 Å². The second kappa shape index (κ2) is 2.94. The van der Waals surface area contributed by atoms with Crippen LogP contribution in [0.2, 0.25) is 0 Å². The van der Waals surface area contributed by atoms with Crippen LogP contribution in [0.15, 0.2) is 36.8 Å². The number of hydrogen-bond acceptors (Lipinski definition) is 2. The molecule has 0 atom stereocenters. The van der Waals surface area contributed by atoms with Crippen molar-refractivity contribution in [1.82, 2.24) is 9.55 Å². The number of aryl methyl sites for hydroxylation is 1. The van der Waals surface area contributed by atoms with E-state index in [0.29, 0.717) is 0 Å². The largest absolute Gasteiger partial charge is 0.508 e. The number of aromatic nitrogens is 2. The SMILES string of the molecule is Cc1cncn1-c1ccc(O)cc1.